The van der Waals surface area contributed by atoms with Crippen molar-refractivity contribution >= 4 is 21.8 Å². The Balaban J connectivity index is 2.17. The minimum absolute atomic E-state index is 0.0206. The Morgan fingerprint density at radius 3 is 2.76 bits per heavy atom. The molecule has 0 bridgehead atoms. The summed E-state index contributed by atoms with van der Waals surface area (Å²) >= 11 is 3.02. The summed E-state index contributed by atoms with van der Waals surface area (Å²) in [5.74, 6) is 3.20. The second-order valence-corrected chi connectivity index (χ2v) is 5.01. The van der Waals surface area contributed by atoms with E-state index in [1.54, 1.807) is 6.92 Å². The lowest BCUT2D eigenvalue weighted by Gasteiger charge is -2.08. The van der Waals surface area contributed by atoms with Gasteiger partial charge in [-0.15, -0.1) is 0 Å². The predicted molar refractivity (Wildman–Crippen MR) is 73.5 cm³/mol. The van der Waals surface area contributed by atoms with Crippen LogP contribution in [0.2, 0.25) is 0 Å². The zero-order valence-corrected chi connectivity index (χ0v) is 12.5. The van der Waals surface area contributed by atoms with Crippen molar-refractivity contribution in [3.8, 4) is 5.75 Å². The fraction of sp³-hybridized carbons (Fsp3) is 0.154. The number of hydrogen-bond acceptors (Lipinski definition) is 4. The summed E-state index contributed by atoms with van der Waals surface area (Å²) in [6.45, 7) is 1.58. The number of rotatable bonds is 4. The number of nitrogens with two attached hydrogens (primary N) is 1. The third-order valence-corrected chi connectivity index (χ3v) is 3.30. The molecule has 0 saturated heterocycles. The summed E-state index contributed by atoms with van der Waals surface area (Å²) in [5, 5.41) is 0. The van der Waals surface area contributed by atoms with Crippen molar-refractivity contribution in [3.63, 3.8) is 0 Å². The van der Waals surface area contributed by atoms with Crippen molar-refractivity contribution in [1.82, 2.24) is 5.43 Å². The van der Waals surface area contributed by atoms with Crippen molar-refractivity contribution in [3.05, 3.63) is 51.4 Å². The van der Waals surface area contributed by atoms with Crippen LogP contribution in [0.3, 0.4) is 0 Å². The number of aryl methyl sites for hydroxylation is 1. The van der Waals surface area contributed by atoms with Crippen LogP contribution < -0.4 is 16.0 Å². The number of nitrogens with one attached hydrogen (secondary N) is 1. The summed E-state index contributed by atoms with van der Waals surface area (Å²) in [7, 11) is 0. The number of ether oxygens (including phenoxy) is 1. The van der Waals surface area contributed by atoms with Crippen LogP contribution in [0, 0.1) is 18.6 Å². The predicted octanol–water partition coefficient (Wildman–Crippen LogP) is 2.81. The molecule has 0 aliphatic rings. The average Bonchev–Trinajstić information content (AvgIpc) is 2.78. The van der Waals surface area contributed by atoms with E-state index in [1.165, 1.54) is 6.07 Å². The maximum absolute atomic E-state index is 13.6. The second-order valence-electron chi connectivity index (χ2n) is 4.15. The number of hydrogen-bond donors (Lipinski definition) is 2. The molecule has 112 valence electrons. The van der Waals surface area contributed by atoms with Gasteiger partial charge in [0.05, 0.1) is 4.47 Å². The highest BCUT2D eigenvalue weighted by Gasteiger charge is 2.16. The molecule has 21 heavy (non-hydrogen) atoms. The van der Waals surface area contributed by atoms with E-state index in [9.17, 15) is 13.6 Å². The Hall–Kier alpha value is -1.93. The van der Waals surface area contributed by atoms with Gasteiger partial charge >= 0.3 is 5.91 Å². The number of hydrazine groups is 1. The third kappa shape index (κ3) is 3.40. The van der Waals surface area contributed by atoms with Gasteiger partial charge in [0.25, 0.3) is 0 Å². The van der Waals surface area contributed by atoms with Crippen LogP contribution in [-0.2, 0) is 6.61 Å². The van der Waals surface area contributed by atoms with Gasteiger partial charge in [-0.3, -0.25) is 10.2 Å². The molecular formula is C13H11BrF2N2O3. The fourth-order valence-corrected chi connectivity index (χ4v) is 2.19. The number of nitrogen functional groups attached to an aromatic ring is 1. The molecule has 5 nitrogen and oxygen atoms in total. The van der Waals surface area contributed by atoms with Crippen molar-refractivity contribution in [2.75, 3.05) is 0 Å². The van der Waals surface area contributed by atoms with E-state index in [2.05, 4.69) is 15.9 Å². The summed E-state index contributed by atoms with van der Waals surface area (Å²) < 4.78 is 37.2. The SMILES string of the molecule is Cc1oc(C(=O)NN)cc1COc1c(F)cc(F)cc1Br. The maximum atomic E-state index is 13.6. The maximum Gasteiger partial charge on any atom is 0.300 e. The van der Waals surface area contributed by atoms with Gasteiger partial charge in [0.15, 0.2) is 17.3 Å². The molecule has 1 heterocycles. The van der Waals surface area contributed by atoms with E-state index in [0.29, 0.717) is 11.3 Å². The number of benzene rings is 1. The molecule has 1 aromatic carbocycles. The van der Waals surface area contributed by atoms with Crippen LogP contribution in [0.25, 0.3) is 0 Å². The number of carbonyl (C=O) groups is 1. The number of halogens is 3. The van der Waals surface area contributed by atoms with E-state index in [0.717, 1.165) is 12.1 Å². The minimum atomic E-state index is -0.831. The molecule has 8 heteroatoms. The molecule has 0 aliphatic carbocycles. The second kappa shape index (κ2) is 6.23. The molecule has 0 aliphatic heterocycles. The van der Waals surface area contributed by atoms with Gasteiger partial charge in [-0.05, 0) is 35.0 Å². The Bertz CT molecular complexity index is 665. The molecule has 3 N–H and O–H groups in total. The zero-order valence-electron chi connectivity index (χ0n) is 10.9. The first-order chi connectivity index (χ1) is 9.92. The van der Waals surface area contributed by atoms with Crippen LogP contribution in [0.1, 0.15) is 21.9 Å². The van der Waals surface area contributed by atoms with Gasteiger partial charge in [0, 0.05) is 11.6 Å². The first-order valence-electron chi connectivity index (χ1n) is 5.80. The number of carbonyl (C=O) groups excluding carboxylic acids is 1. The molecular weight excluding hydrogens is 350 g/mol. The standard InChI is InChI=1S/C13H11BrF2N2O3/c1-6-7(2-11(21-6)13(19)18-17)5-20-12-9(14)3-8(15)4-10(12)16/h2-4H,5,17H2,1H3,(H,18,19). The van der Waals surface area contributed by atoms with Crippen molar-refractivity contribution < 1.29 is 22.7 Å². The summed E-state index contributed by atoms with van der Waals surface area (Å²) in [6.07, 6.45) is 0. The first kappa shape index (κ1) is 15.5. The number of amides is 1. The Morgan fingerprint density at radius 2 is 2.14 bits per heavy atom. The van der Waals surface area contributed by atoms with Crippen molar-refractivity contribution in [2.24, 2.45) is 5.84 Å². The summed E-state index contributed by atoms with van der Waals surface area (Å²) in [6, 6.07) is 3.25. The van der Waals surface area contributed by atoms with E-state index >= 15 is 0 Å². The van der Waals surface area contributed by atoms with E-state index in [1.807, 2.05) is 5.43 Å². The van der Waals surface area contributed by atoms with Gasteiger partial charge in [-0.2, -0.15) is 0 Å². The molecule has 0 radical (unpaired) electrons. The van der Waals surface area contributed by atoms with Crippen LogP contribution in [0.4, 0.5) is 8.78 Å². The topological polar surface area (TPSA) is 77.5 Å². The van der Waals surface area contributed by atoms with Crippen LogP contribution in [0.5, 0.6) is 5.75 Å². The molecule has 0 spiro atoms. The van der Waals surface area contributed by atoms with Gasteiger partial charge in [0.2, 0.25) is 0 Å². The van der Waals surface area contributed by atoms with Gasteiger partial charge in [-0.1, -0.05) is 0 Å². The normalized spacial score (nSPS) is 10.5. The molecule has 1 amide bonds. The minimum Gasteiger partial charge on any atom is -0.484 e. The monoisotopic (exact) mass is 360 g/mol. The lowest BCUT2D eigenvalue weighted by atomic mass is 10.2. The molecule has 0 saturated carbocycles. The quantitative estimate of drug-likeness (QED) is 0.499. The van der Waals surface area contributed by atoms with Crippen LogP contribution in [-0.4, -0.2) is 5.91 Å². The fourth-order valence-electron chi connectivity index (χ4n) is 1.66. The zero-order chi connectivity index (χ0) is 15.6. The molecule has 1 aromatic heterocycles. The number of furan rings is 1. The van der Waals surface area contributed by atoms with E-state index in [4.69, 9.17) is 15.0 Å². The lowest BCUT2D eigenvalue weighted by Crippen LogP contribution is -2.29. The molecule has 2 aromatic rings. The molecule has 2 rings (SSSR count). The summed E-state index contributed by atoms with van der Waals surface area (Å²) in [5.41, 5.74) is 2.48. The highest BCUT2D eigenvalue weighted by molar-refractivity contribution is 9.10. The Kier molecular flexibility index (Phi) is 4.59. The molecule has 0 fully saturated rings. The lowest BCUT2D eigenvalue weighted by molar-refractivity contribution is 0.0924. The van der Waals surface area contributed by atoms with Crippen molar-refractivity contribution in [1.29, 1.82) is 0 Å². The van der Waals surface area contributed by atoms with Gasteiger partial charge in [-0.25, -0.2) is 14.6 Å². The summed E-state index contributed by atoms with van der Waals surface area (Å²) in [4.78, 5) is 11.3. The van der Waals surface area contributed by atoms with Crippen molar-refractivity contribution in [2.45, 2.75) is 13.5 Å². The third-order valence-electron chi connectivity index (χ3n) is 2.71. The van der Waals surface area contributed by atoms with Crippen LogP contribution >= 0.6 is 15.9 Å². The Morgan fingerprint density at radius 1 is 1.43 bits per heavy atom. The van der Waals surface area contributed by atoms with Gasteiger partial charge in [0.1, 0.15) is 18.2 Å². The average molecular weight is 361 g/mol. The smallest absolute Gasteiger partial charge is 0.300 e. The highest BCUT2D eigenvalue weighted by Crippen LogP contribution is 2.30. The largest absolute Gasteiger partial charge is 0.484 e. The molecule has 0 unspecified atom stereocenters. The first-order valence-corrected chi connectivity index (χ1v) is 6.59. The van der Waals surface area contributed by atoms with E-state index < -0.39 is 17.5 Å². The Labute approximate surface area is 127 Å². The van der Waals surface area contributed by atoms with Crippen LogP contribution in [0.15, 0.2) is 27.1 Å². The highest BCUT2D eigenvalue weighted by atomic mass is 79.9. The van der Waals surface area contributed by atoms with Gasteiger partial charge < -0.3 is 9.15 Å². The van der Waals surface area contributed by atoms with E-state index in [-0.39, 0.29) is 22.6 Å². The molecule has 0 atom stereocenters.